The molecular weight excluding hydrogens is 426 g/mol. The Labute approximate surface area is 196 Å². The van der Waals surface area contributed by atoms with Gasteiger partial charge in [-0.25, -0.2) is 4.79 Å². The average molecular weight is 458 g/mol. The molecule has 2 amide bonds. The zero-order valence-electron chi connectivity index (χ0n) is 18.6. The Hall–Kier alpha value is -2.44. The highest BCUT2D eigenvalue weighted by Crippen LogP contribution is 2.32. The molecule has 0 bridgehead atoms. The summed E-state index contributed by atoms with van der Waals surface area (Å²) in [5.41, 5.74) is 1.19. The molecule has 0 spiro atoms. The van der Waals surface area contributed by atoms with Crippen molar-refractivity contribution < 1.29 is 14.3 Å². The molecule has 3 heterocycles. The van der Waals surface area contributed by atoms with Crippen molar-refractivity contribution in [2.75, 3.05) is 39.3 Å². The second-order valence-corrected chi connectivity index (χ2v) is 8.81. The molecule has 2 aromatic rings. The van der Waals surface area contributed by atoms with Gasteiger partial charge in [0.25, 0.3) is 0 Å². The number of carbonyl (C=O) groups is 1. The van der Waals surface area contributed by atoms with E-state index in [4.69, 9.17) is 9.47 Å². The molecule has 0 aliphatic carbocycles. The smallest absolute Gasteiger partial charge is 0.320 e. The van der Waals surface area contributed by atoms with Crippen molar-refractivity contribution in [2.45, 2.75) is 38.0 Å². The van der Waals surface area contributed by atoms with Crippen LogP contribution in [0.15, 0.2) is 54.6 Å². The number of carbonyl (C=O) groups excluding carboxylic acids is 1. The van der Waals surface area contributed by atoms with E-state index >= 15 is 0 Å². The number of amides is 2. The molecule has 2 aromatic carbocycles. The van der Waals surface area contributed by atoms with Crippen LogP contribution < -0.4 is 9.47 Å². The summed E-state index contributed by atoms with van der Waals surface area (Å²) in [5, 5.41) is 0. The van der Waals surface area contributed by atoms with Crippen LogP contribution in [0.1, 0.15) is 31.4 Å². The van der Waals surface area contributed by atoms with Gasteiger partial charge in [0.2, 0.25) is 0 Å². The molecule has 172 valence electrons. The lowest BCUT2D eigenvalue weighted by atomic mass is 10.0. The number of hydrogen-bond donors (Lipinski definition) is 0. The third-order valence-corrected chi connectivity index (χ3v) is 6.77. The van der Waals surface area contributed by atoms with E-state index in [-0.39, 0.29) is 36.6 Å². The lowest BCUT2D eigenvalue weighted by Crippen LogP contribution is -2.52. The molecule has 5 rings (SSSR count). The molecule has 0 aromatic heterocycles. The molecule has 2 fully saturated rings. The van der Waals surface area contributed by atoms with Crippen LogP contribution in [0.25, 0.3) is 0 Å². The first-order valence-corrected chi connectivity index (χ1v) is 11.4. The van der Waals surface area contributed by atoms with Gasteiger partial charge in [0.05, 0.1) is 6.04 Å². The quantitative estimate of drug-likeness (QED) is 0.674. The van der Waals surface area contributed by atoms with Crippen molar-refractivity contribution in [2.24, 2.45) is 0 Å². The maximum Gasteiger partial charge on any atom is 0.320 e. The SMILES string of the molecule is CC(c1ccccc1)N1CCN([C@H]2CCCN(C[C@H]3COc4ccccc4O3)C2)C1=O.Cl. The van der Waals surface area contributed by atoms with E-state index in [1.54, 1.807) is 0 Å². The number of urea groups is 1. The Bertz CT molecular complexity index is 912. The summed E-state index contributed by atoms with van der Waals surface area (Å²) in [6, 6.07) is 18.7. The largest absolute Gasteiger partial charge is 0.486 e. The van der Waals surface area contributed by atoms with Crippen molar-refractivity contribution in [3.63, 3.8) is 0 Å². The third kappa shape index (κ3) is 4.66. The molecule has 2 saturated heterocycles. The second kappa shape index (κ2) is 10.0. The Morgan fingerprint density at radius 1 is 1.00 bits per heavy atom. The second-order valence-electron chi connectivity index (χ2n) is 8.81. The highest BCUT2D eigenvalue weighted by atomic mass is 35.5. The van der Waals surface area contributed by atoms with Gasteiger partial charge in [-0.15, -0.1) is 12.4 Å². The van der Waals surface area contributed by atoms with Crippen molar-refractivity contribution in [1.29, 1.82) is 0 Å². The predicted octanol–water partition coefficient (Wildman–Crippen LogP) is 4.21. The van der Waals surface area contributed by atoms with Gasteiger partial charge in [0.15, 0.2) is 11.5 Å². The van der Waals surface area contributed by atoms with E-state index in [1.165, 1.54) is 5.56 Å². The number of rotatable bonds is 5. The maximum atomic E-state index is 13.2. The molecule has 3 aliphatic heterocycles. The van der Waals surface area contributed by atoms with Gasteiger partial charge in [-0.3, -0.25) is 4.90 Å². The van der Waals surface area contributed by atoms with Crippen molar-refractivity contribution >= 4 is 18.4 Å². The molecule has 3 atom stereocenters. The number of nitrogens with zero attached hydrogens (tertiary/aromatic N) is 3. The normalized spacial score (nSPS) is 24.2. The van der Waals surface area contributed by atoms with Crippen LogP contribution in [-0.2, 0) is 0 Å². The summed E-state index contributed by atoms with van der Waals surface area (Å²) in [7, 11) is 0. The van der Waals surface area contributed by atoms with Gasteiger partial charge in [0, 0.05) is 32.2 Å². The van der Waals surface area contributed by atoms with Crippen LogP contribution in [0.5, 0.6) is 11.5 Å². The van der Waals surface area contributed by atoms with Gasteiger partial charge in [-0.05, 0) is 44.0 Å². The van der Waals surface area contributed by atoms with E-state index in [1.807, 2.05) is 47.4 Å². The van der Waals surface area contributed by atoms with Crippen LogP contribution in [0.4, 0.5) is 4.79 Å². The number of halogens is 1. The predicted molar refractivity (Wildman–Crippen MR) is 127 cm³/mol. The Balaban J connectivity index is 0.00000245. The summed E-state index contributed by atoms with van der Waals surface area (Å²) in [6.07, 6.45) is 2.20. The van der Waals surface area contributed by atoms with Crippen LogP contribution in [0, 0.1) is 0 Å². The summed E-state index contributed by atoms with van der Waals surface area (Å²) < 4.78 is 12.0. The van der Waals surface area contributed by atoms with Crippen molar-refractivity contribution in [3.05, 3.63) is 60.2 Å². The van der Waals surface area contributed by atoms with Crippen LogP contribution in [0.2, 0.25) is 0 Å². The monoisotopic (exact) mass is 457 g/mol. The van der Waals surface area contributed by atoms with Crippen LogP contribution in [-0.4, -0.2) is 72.2 Å². The Morgan fingerprint density at radius 2 is 1.75 bits per heavy atom. The number of ether oxygens (including phenoxy) is 2. The number of piperidine rings is 1. The zero-order chi connectivity index (χ0) is 21.2. The lowest BCUT2D eigenvalue weighted by Gasteiger charge is -2.39. The maximum absolute atomic E-state index is 13.2. The zero-order valence-corrected chi connectivity index (χ0v) is 19.4. The van der Waals surface area contributed by atoms with Gasteiger partial charge >= 0.3 is 6.03 Å². The topological polar surface area (TPSA) is 45.2 Å². The van der Waals surface area contributed by atoms with E-state index in [9.17, 15) is 4.79 Å². The standard InChI is InChI=1S/C25H31N3O3.ClH/c1-19(20-8-3-2-4-9-20)27-14-15-28(25(27)29)21-10-7-13-26(16-21)17-22-18-30-23-11-5-6-12-24(23)31-22;/h2-6,8-9,11-12,19,21-22H,7,10,13-18H2,1H3;1H/t19?,21-,22-;/m0./s1. The minimum Gasteiger partial charge on any atom is -0.486 e. The van der Waals surface area contributed by atoms with Crippen LogP contribution >= 0.6 is 12.4 Å². The van der Waals surface area contributed by atoms with Gasteiger partial charge < -0.3 is 19.3 Å². The number of para-hydroxylation sites is 2. The first-order chi connectivity index (χ1) is 15.2. The molecule has 7 heteroatoms. The number of likely N-dealkylation sites (tertiary alicyclic amines) is 1. The fourth-order valence-corrected chi connectivity index (χ4v) is 5.07. The first-order valence-electron chi connectivity index (χ1n) is 11.4. The fraction of sp³-hybridized carbons (Fsp3) is 0.480. The minimum absolute atomic E-state index is 0. The van der Waals surface area contributed by atoms with E-state index in [2.05, 4.69) is 28.9 Å². The van der Waals surface area contributed by atoms with Gasteiger partial charge in [-0.1, -0.05) is 42.5 Å². The van der Waals surface area contributed by atoms with E-state index < -0.39 is 0 Å². The molecule has 1 unspecified atom stereocenters. The van der Waals surface area contributed by atoms with E-state index in [0.717, 1.165) is 57.1 Å². The molecule has 6 nitrogen and oxygen atoms in total. The van der Waals surface area contributed by atoms with Crippen molar-refractivity contribution in [3.8, 4) is 11.5 Å². The molecule has 0 radical (unpaired) electrons. The Morgan fingerprint density at radius 3 is 2.56 bits per heavy atom. The molecule has 0 N–H and O–H groups in total. The minimum atomic E-state index is 0. The summed E-state index contributed by atoms with van der Waals surface area (Å²) in [6.45, 7) is 7.08. The Kier molecular flexibility index (Phi) is 7.11. The number of benzene rings is 2. The fourth-order valence-electron chi connectivity index (χ4n) is 5.07. The van der Waals surface area contributed by atoms with Crippen molar-refractivity contribution in [1.82, 2.24) is 14.7 Å². The summed E-state index contributed by atoms with van der Waals surface area (Å²) in [4.78, 5) is 19.8. The molecule has 0 saturated carbocycles. The molecular formula is C25H32ClN3O3. The highest BCUT2D eigenvalue weighted by Gasteiger charge is 2.38. The van der Waals surface area contributed by atoms with E-state index in [0.29, 0.717) is 6.61 Å². The summed E-state index contributed by atoms with van der Waals surface area (Å²) in [5.74, 6) is 1.65. The molecule has 3 aliphatic rings. The lowest BCUT2D eigenvalue weighted by molar-refractivity contribution is 0.0399. The molecule has 32 heavy (non-hydrogen) atoms. The third-order valence-electron chi connectivity index (χ3n) is 6.77. The van der Waals surface area contributed by atoms with Gasteiger partial charge in [0.1, 0.15) is 12.7 Å². The number of fused-ring (bicyclic) bond motifs is 1. The van der Waals surface area contributed by atoms with Gasteiger partial charge in [-0.2, -0.15) is 0 Å². The highest BCUT2D eigenvalue weighted by molar-refractivity contribution is 5.85. The summed E-state index contributed by atoms with van der Waals surface area (Å²) >= 11 is 0. The van der Waals surface area contributed by atoms with Crippen LogP contribution in [0.3, 0.4) is 0 Å². The number of hydrogen-bond acceptors (Lipinski definition) is 4. The average Bonchev–Trinajstić information content (AvgIpc) is 3.20. The first kappa shape index (κ1) is 22.7.